The molecule has 0 bridgehead atoms. The van der Waals surface area contributed by atoms with Crippen LogP contribution in [-0.4, -0.2) is 21.2 Å². The summed E-state index contributed by atoms with van der Waals surface area (Å²) in [4.78, 5) is 20.9. The Morgan fingerprint density at radius 2 is 2.12 bits per heavy atom. The largest absolute Gasteiger partial charge is 0.396 e. The average molecular weight is 226 g/mol. The lowest BCUT2D eigenvalue weighted by Gasteiger charge is -2.04. The van der Waals surface area contributed by atoms with Gasteiger partial charge in [-0.3, -0.25) is 14.9 Å². The van der Waals surface area contributed by atoms with Crippen LogP contribution < -0.4 is 5.43 Å². The van der Waals surface area contributed by atoms with Crippen LogP contribution in [0.15, 0.2) is 23.3 Å². The number of aliphatic hydroxyl groups excluding tert-OH is 1. The molecule has 1 aromatic rings. The molecule has 1 heterocycles. The van der Waals surface area contributed by atoms with Gasteiger partial charge in [0, 0.05) is 25.4 Å². The maximum Gasteiger partial charge on any atom is 0.332 e. The van der Waals surface area contributed by atoms with Crippen LogP contribution in [0.25, 0.3) is 0 Å². The third kappa shape index (κ3) is 3.47. The van der Waals surface area contributed by atoms with Gasteiger partial charge in [0.15, 0.2) is 0 Å². The Kier molecular flexibility index (Phi) is 4.65. The lowest BCUT2D eigenvalue weighted by Crippen LogP contribution is -2.11. The van der Waals surface area contributed by atoms with Gasteiger partial charge in [-0.25, -0.2) is 0 Å². The number of pyridine rings is 1. The molecule has 0 amide bonds. The van der Waals surface area contributed by atoms with Crippen molar-refractivity contribution in [2.45, 2.75) is 25.8 Å². The zero-order valence-electron chi connectivity index (χ0n) is 8.83. The first-order chi connectivity index (χ1) is 7.65. The highest BCUT2D eigenvalue weighted by Crippen LogP contribution is 2.04. The zero-order valence-corrected chi connectivity index (χ0v) is 8.83. The highest BCUT2D eigenvalue weighted by atomic mass is 16.6. The van der Waals surface area contributed by atoms with E-state index < -0.39 is 16.0 Å². The molecule has 0 saturated heterocycles. The number of aliphatic hydroxyl groups is 1. The molecule has 0 aliphatic rings. The van der Waals surface area contributed by atoms with E-state index in [1.165, 1.54) is 18.5 Å². The van der Waals surface area contributed by atoms with Gasteiger partial charge in [-0.1, -0.05) is 0 Å². The molecular weight excluding hydrogens is 212 g/mol. The highest BCUT2D eigenvalue weighted by Gasteiger charge is 2.10. The second-order valence-corrected chi connectivity index (χ2v) is 3.47. The van der Waals surface area contributed by atoms with Crippen LogP contribution >= 0.6 is 0 Å². The molecule has 0 fully saturated rings. The Morgan fingerprint density at radius 3 is 2.75 bits per heavy atom. The monoisotopic (exact) mass is 226 g/mol. The van der Waals surface area contributed by atoms with E-state index in [0.717, 1.165) is 19.3 Å². The predicted octanol–water partition coefficient (Wildman–Crippen LogP) is 0.919. The fourth-order valence-corrected chi connectivity index (χ4v) is 1.37. The minimum absolute atomic E-state index is 0.157. The lowest BCUT2D eigenvalue weighted by molar-refractivity contribution is -0.386. The second-order valence-electron chi connectivity index (χ2n) is 3.47. The summed E-state index contributed by atoms with van der Waals surface area (Å²) >= 11 is 0. The maximum absolute atomic E-state index is 11.1. The summed E-state index contributed by atoms with van der Waals surface area (Å²) in [6, 6.07) is 1.20. The molecule has 0 aliphatic heterocycles. The van der Waals surface area contributed by atoms with Gasteiger partial charge < -0.3 is 9.67 Å². The van der Waals surface area contributed by atoms with E-state index in [9.17, 15) is 14.9 Å². The number of aryl methyl sites for hydroxylation is 1. The summed E-state index contributed by atoms with van der Waals surface area (Å²) in [5.41, 5.74) is -0.971. The van der Waals surface area contributed by atoms with Crippen LogP contribution in [0.5, 0.6) is 0 Å². The minimum Gasteiger partial charge on any atom is -0.396 e. The molecule has 0 aromatic carbocycles. The van der Waals surface area contributed by atoms with Crippen molar-refractivity contribution in [2.24, 2.45) is 0 Å². The van der Waals surface area contributed by atoms with Crippen LogP contribution in [0.1, 0.15) is 19.3 Å². The number of hydrogen-bond donors (Lipinski definition) is 1. The molecule has 0 saturated carbocycles. The number of aromatic nitrogens is 1. The number of unbranched alkanes of at least 4 members (excludes halogenated alkanes) is 2. The number of rotatable bonds is 6. The van der Waals surface area contributed by atoms with E-state index in [2.05, 4.69) is 0 Å². The number of hydrogen-bond acceptors (Lipinski definition) is 4. The van der Waals surface area contributed by atoms with Crippen molar-refractivity contribution in [2.75, 3.05) is 6.61 Å². The quantitative estimate of drug-likeness (QED) is 0.444. The minimum atomic E-state index is -0.674. The van der Waals surface area contributed by atoms with Crippen molar-refractivity contribution >= 4 is 5.69 Å². The van der Waals surface area contributed by atoms with Gasteiger partial charge >= 0.3 is 5.69 Å². The fourth-order valence-electron chi connectivity index (χ4n) is 1.37. The number of nitrogens with zero attached hydrogens (tertiary/aromatic N) is 2. The summed E-state index contributed by atoms with van der Waals surface area (Å²) < 4.78 is 1.62. The molecule has 1 aromatic heterocycles. The SMILES string of the molecule is O=c1ccn(CCCCCO)cc1[N+](=O)[O-]. The van der Waals surface area contributed by atoms with E-state index in [1.807, 2.05) is 0 Å². The van der Waals surface area contributed by atoms with Crippen LogP contribution in [0.4, 0.5) is 5.69 Å². The van der Waals surface area contributed by atoms with Crippen molar-refractivity contribution in [3.8, 4) is 0 Å². The standard InChI is InChI=1S/C10H14N2O4/c13-7-3-1-2-5-11-6-4-10(14)9(8-11)12(15)16/h4,6,8,13H,1-3,5,7H2. The van der Waals surface area contributed by atoms with Crippen molar-refractivity contribution < 1.29 is 10.0 Å². The van der Waals surface area contributed by atoms with Crippen molar-refractivity contribution in [1.29, 1.82) is 0 Å². The molecule has 0 radical (unpaired) electrons. The third-order valence-corrected chi connectivity index (χ3v) is 2.23. The molecule has 1 N–H and O–H groups in total. The lowest BCUT2D eigenvalue weighted by atomic mass is 10.2. The Bertz CT molecular complexity index is 414. The van der Waals surface area contributed by atoms with E-state index in [4.69, 9.17) is 5.11 Å². The normalized spacial score (nSPS) is 10.3. The van der Waals surface area contributed by atoms with Crippen molar-refractivity contribution in [1.82, 2.24) is 4.57 Å². The van der Waals surface area contributed by atoms with Gasteiger partial charge in [-0.2, -0.15) is 0 Å². The smallest absolute Gasteiger partial charge is 0.332 e. The van der Waals surface area contributed by atoms with E-state index >= 15 is 0 Å². The summed E-state index contributed by atoms with van der Waals surface area (Å²) in [5.74, 6) is 0. The highest BCUT2D eigenvalue weighted by molar-refractivity contribution is 5.25. The molecule has 0 spiro atoms. The Morgan fingerprint density at radius 1 is 1.38 bits per heavy atom. The molecule has 1 rings (SSSR count). The third-order valence-electron chi connectivity index (χ3n) is 2.23. The first-order valence-corrected chi connectivity index (χ1v) is 5.10. The van der Waals surface area contributed by atoms with Gasteiger partial charge in [0.2, 0.25) is 0 Å². The Balaban J connectivity index is 2.64. The molecule has 16 heavy (non-hydrogen) atoms. The van der Waals surface area contributed by atoms with Gasteiger partial charge in [0.1, 0.15) is 0 Å². The van der Waals surface area contributed by atoms with Gasteiger partial charge in [-0.15, -0.1) is 0 Å². The maximum atomic E-state index is 11.1. The summed E-state index contributed by atoms with van der Waals surface area (Å²) in [6.07, 6.45) is 5.19. The van der Waals surface area contributed by atoms with Crippen LogP contribution in [-0.2, 0) is 6.54 Å². The van der Waals surface area contributed by atoms with Crippen LogP contribution in [0, 0.1) is 10.1 Å². The fraction of sp³-hybridized carbons (Fsp3) is 0.500. The van der Waals surface area contributed by atoms with E-state index in [0.29, 0.717) is 6.54 Å². The summed E-state index contributed by atoms with van der Waals surface area (Å²) in [6.45, 7) is 0.769. The Hall–Kier alpha value is -1.69. The summed E-state index contributed by atoms with van der Waals surface area (Å²) in [7, 11) is 0. The van der Waals surface area contributed by atoms with Gasteiger partial charge in [0.05, 0.1) is 11.1 Å². The Labute approximate surface area is 92.3 Å². The first-order valence-electron chi connectivity index (χ1n) is 5.10. The number of nitro groups is 1. The van der Waals surface area contributed by atoms with Crippen molar-refractivity contribution in [3.05, 3.63) is 38.8 Å². The topological polar surface area (TPSA) is 85.4 Å². The first kappa shape index (κ1) is 12.4. The van der Waals surface area contributed by atoms with Crippen LogP contribution in [0.2, 0.25) is 0 Å². The van der Waals surface area contributed by atoms with E-state index in [1.54, 1.807) is 4.57 Å². The van der Waals surface area contributed by atoms with Crippen LogP contribution in [0.3, 0.4) is 0 Å². The molecule has 0 aliphatic carbocycles. The average Bonchev–Trinajstić information content (AvgIpc) is 2.26. The molecule has 6 nitrogen and oxygen atoms in total. The second kappa shape index (κ2) is 6.02. The predicted molar refractivity (Wildman–Crippen MR) is 58.3 cm³/mol. The van der Waals surface area contributed by atoms with Gasteiger partial charge in [-0.05, 0) is 19.3 Å². The molecule has 88 valence electrons. The van der Waals surface area contributed by atoms with E-state index in [-0.39, 0.29) is 6.61 Å². The molecule has 0 atom stereocenters. The van der Waals surface area contributed by atoms with Crippen molar-refractivity contribution in [3.63, 3.8) is 0 Å². The molecule has 0 unspecified atom stereocenters. The molecular formula is C10H14N2O4. The zero-order chi connectivity index (χ0) is 12.0. The molecule has 6 heteroatoms. The summed E-state index contributed by atoms with van der Waals surface area (Å²) in [5, 5.41) is 19.1. The van der Waals surface area contributed by atoms with Gasteiger partial charge in [0.25, 0.3) is 5.43 Å².